The van der Waals surface area contributed by atoms with Crippen molar-refractivity contribution >= 4 is 18.0 Å². The van der Waals surface area contributed by atoms with Crippen molar-refractivity contribution < 1.29 is 33.7 Å². The first-order chi connectivity index (χ1) is 15.5. The molecule has 2 aliphatic heterocycles. The number of carboxylic acid groups (broad SMARTS) is 1. The molecule has 3 aliphatic rings. The van der Waals surface area contributed by atoms with Gasteiger partial charge in [0.05, 0.1) is 5.60 Å². The van der Waals surface area contributed by atoms with Crippen LogP contribution in [0.5, 0.6) is 0 Å². The van der Waals surface area contributed by atoms with E-state index in [-0.39, 0.29) is 23.1 Å². The first kappa shape index (κ1) is 25.4. The molecule has 0 aromatic heterocycles. The average Bonchev–Trinajstić information content (AvgIpc) is 3.25. The molecule has 6 nitrogen and oxygen atoms in total. The number of fused-ring (bicyclic) bond motifs is 4. The summed E-state index contributed by atoms with van der Waals surface area (Å²) in [5.74, 6) is 0.398. The monoisotopic (exact) mass is 462 g/mol. The van der Waals surface area contributed by atoms with Crippen LogP contribution in [-0.4, -0.2) is 46.1 Å². The van der Waals surface area contributed by atoms with Crippen LogP contribution in [-0.2, 0) is 19.1 Å². The van der Waals surface area contributed by atoms with E-state index in [1.54, 1.807) is 0 Å². The normalized spacial score (nSPS) is 34.6. The molecule has 182 valence electrons. The smallest absolute Gasteiger partial charge is 0.332 e. The molecule has 0 amide bonds. The molecule has 3 fully saturated rings. The second-order valence-corrected chi connectivity index (χ2v) is 10.1. The van der Waals surface area contributed by atoms with Crippen LogP contribution >= 0.6 is 0 Å². The number of carboxylic acids is 1. The largest absolute Gasteiger partial charge is 0.478 e. The molecule has 7 heteroatoms. The van der Waals surface area contributed by atoms with Crippen LogP contribution in [0.2, 0.25) is 0 Å². The second kappa shape index (κ2) is 9.94. The van der Waals surface area contributed by atoms with Gasteiger partial charge in [0, 0.05) is 12.5 Å². The Morgan fingerprint density at radius 1 is 1.24 bits per heavy atom. The minimum absolute atomic E-state index is 0.172. The highest BCUT2D eigenvalue weighted by Crippen LogP contribution is 2.62. The van der Waals surface area contributed by atoms with Crippen molar-refractivity contribution in [2.45, 2.75) is 70.7 Å². The van der Waals surface area contributed by atoms with Gasteiger partial charge >= 0.3 is 11.9 Å². The molecule has 33 heavy (non-hydrogen) atoms. The van der Waals surface area contributed by atoms with Crippen molar-refractivity contribution in [3.8, 4) is 0 Å². The number of carbonyl (C=O) groups excluding carboxylic acids is 1. The zero-order valence-corrected chi connectivity index (χ0v) is 19.8. The van der Waals surface area contributed by atoms with E-state index in [0.29, 0.717) is 23.3 Å². The molecule has 5 unspecified atom stereocenters. The van der Waals surface area contributed by atoms with E-state index in [1.165, 1.54) is 36.8 Å². The Morgan fingerprint density at radius 3 is 2.48 bits per heavy atom. The van der Waals surface area contributed by atoms with Crippen molar-refractivity contribution in [1.29, 1.82) is 0 Å². The van der Waals surface area contributed by atoms with Gasteiger partial charge in [-0.1, -0.05) is 39.3 Å². The molecule has 1 saturated carbocycles. The molecular formula is C26H35FO6. The van der Waals surface area contributed by atoms with E-state index in [0.717, 1.165) is 31.3 Å². The van der Waals surface area contributed by atoms with Crippen LogP contribution in [0.25, 0.3) is 6.08 Å². The molecule has 6 atom stereocenters. The van der Waals surface area contributed by atoms with Crippen LogP contribution in [0, 0.1) is 29.5 Å². The van der Waals surface area contributed by atoms with Gasteiger partial charge in [-0.2, -0.15) is 0 Å². The summed E-state index contributed by atoms with van der Waals surface area (Å²) >= 11 is 0. The van der Waals surface area contributed by atoms with E-state index in [9.17, 15) is 14.0 Å². The molecule has 2 bridgehead atoms. The van der Waals surface area contributed by atoms with Gasteiger partial charge < -0.3 is 19.7 Å². The summed E-state index contributed by atoms with van der Waals surface area (Å²) in [7, 11) is 0. The van der Waals surface area contributed by atoms with E-state index in [1.807, 2.05) is 0 Å². The molecule has 1 aliphatic carbocycles. The molecule has 2 saturated heterocycles. The molecule has 0 radical (unpaired) electrons. The average molecular weight is 463 g/mol. The predicted molar refractivity (Wildman–Crippen MR) is 122 cm³/mol. The zero-order valence-electron chi connectivity index (χ0n) is 19.8. The quantitative estimate of drug-likeness (QED) is 0.496. The summed E-state index contributed by atoms with van der Waals surface area (Å²) in [6.45, 7) is 8.34. The number of aliphatic hydroxyl groups is 1. The summed E-state index contributed by atoms with van der Waals surface area (Å²) in [6, 6.07) is 5.58. The van der Waals surface area contributed by atoms with Crippen LogP contribution in [0.4, 0.5) is 4.39 Å². The van der Waals surface area contributed by atoms with E-state index < -0.39 is 18.5 Å². The van der Waals surface area contributed by atoms with Crippen molar-refractivity contribution in [3.05, 3.63) is 41.7 Å². The fourth-order valence-electron chi connectivity index (χ4n) is 5.91. The first-order valence-corrected chi connectivity index (χ1v) is 11.7. The van der Waals surface area contributed by atoms with Crippen LogP contribution in [0.1, 0.15) is 58.9 Å². The summed E-state index contributed by atoms with van der Waals surface area (Å²) in [4.78, 5) is 21.7. The van der Waals surface area contributed by atoms with Gasteiger partial charge in [-0.15, -0.1) is 0 Å². The van der Waals surface area contributed by atoms with Gasteiger partial charge in [0.2, 0.25) is 0 Å². The van der Waals surface area contributed by atoms with Crippen molar-refractivity contribution in [2.75, 3.05) is 6.61 Å². The number of rotatable bonds is 5. The lowest BCUT2D eigenvalue weighted by molar-refractivity contribution is -0.214. The lowest BCUT2D eigenvalue weighted by Crippen LogP contribution is -2.53. The SMILES string of the molecule is CC1CCC2C1CC1(C(C)C)C[C@@H](OC(=O)CO)C2(C)O1.O=C(O)/C=C/c1ccc(F)cc1. The fourth-order valence-corrected chi connectivity index (χ4v) is 5.91. The number of benzene rings is 1. The molecule has 2 heterocycles. The number of hydrogen-bond donors (Lipinski definition) is 2. The maximum absolute atomic E-state index is 12.3. The van der Waals surface area contributed by atoms with Gasteiger partial charge in [-0.25, -0.2) is 14.0 Å². The summed E-state index contributed by atoms with van der Waals surface area (Å²) in [6.07, 6.45) is 6.44. The standard InChI is InChI=1S/C17H28O4.C9H7FO2/c1-10(2)17-7-12-11(3)5-6-13(12)16(4,21-17)14(8-17)20-15(19)9-18;10-8-4-1-7(2-5-8)3-6-9(11)12/h10-14,18H,5-9H2,1-4H3;1-6H,(H,11,12)/b;6-3+/t11?,12?,13?,14-,16?,17?;/m1./s1. The molecule has 2 N–H and O–H groups in total. The molecule has 1 aromatic carbocycles. The highest BCUT2D eigenvalue weighted by atomic mass is 19.1. The Kier molecular flexibility index (Phi) is 7.64. The Hall–Kier alpha value is -2.25. The molecule has 1 aromatic rings. The lowest BCUT2D eigenvalue weighted by atomic mass is 9.72. The number of carbonyl (C=O) groups is 2. The number of esters is 1. The second-order valence-electron chi connectivity index (χ2n) is 10.1. The minimum Gasteiger partial charge on any atom is -0.478 e. The van der Waals surface area contributed by atoms with Gasteiger partial charge in [0.1, 0.15) is 24.1 Å². The van der Waals surface area contributed by atoms with Gasteiger partial charge in [0.25, 0.3) is 0 Å². The first-order valence-electron chi connectivity index (χ1n) is 11.7. The number of aliphatic hydroxyl groups excluding tert-OH is 1. The summed E-state index contributed by atoms with van der Waals surface area (Å²) in [5, 5.41) is 17.3. The van der Waals surface area contributed by atoms with E-state index in [4.69, 9.17) is 19.7 Å². The Labute approximate surface area is 194 Å². The summed E-state index contributed by atoms with van der Waals surface area (Å²) < 4.78 is 24.5. The maximum Gasteiger partial charge on any atom is 0.332 e. The maximum atomic E-state index is 12.3. The van der Waals surface area contributed by atoms with Crippen molar-refractivity contribution in [1.82, 2.24) is 0 Å². The minimum atomic E-state index is -1.01. The topological polar surface area (TPSA) is 93.1 Å². The van der Waals surface area contributed by atoms with Crippen LogP contribution in [0.3, 0.4) is 0 Å². The number of aliphatic carboxylic acids is 1. The molecule has 0 spiro atoms. The van der Waals surface area contributed by atoms with Crippen LogP contribution in [0.15, 0.2) is 30.3 Å². The van der Waals surface area contributed by atoms with Gasteiger partial charge in [-0.05, 0) is 67.2 Å². The zero-order chi connectivity index (χ0) is 24.4. The fraction of sp³-hybridized carbons (Fsp3) is 0.615. The van der Waals surface area contributed by atoms with E-state index >= 15 is 0 Å². The van der Waals surface area contributed by atoms with Gasteiger partial charge in [-0.3, -0.25) is 0 Å². The van der Waals surface area contributed by atoms with Crippen molar-refractivity contribution in [2.24, 2.45) is 23.7 Å². The number of hydrogen-bond acceptors (Lipinski definition) is 5. The lowest BCUT2D eigenvalue weighted by Gasteiger charge is -2.48. The van der Waals surface area contributed by atoms with E-state index in [2.05, 4.69) is 27.7 Å². The Bertz CT molecular complexity index is 881. The molecule has 4 rings (SSSR count). The third-order valence-electron chi connectivity index (χ3n) is 7.83. The van der Waals surface area contributed by atoms with Gasteiger partial charge in [0.15, 0.2) is 0 Å². The highest BCUT2D eigenvalue weighted by molar-refractivity contribution is 5.85. The van der Waals surface area contributed by atoms with Crippen molar-refractivity contribution in [3.63, 3.8) is 0 Å². The molecular weight excluding hydrogens is 427 g/mol. The Balaban J connectivity index is 0.000000218. The highest BCUT2D eigenvalue weighted by Gasteiger charge is 2.66. The third kappa shape index (κ3) is 5.30. The Morgan fingerprint density at radius 2 is 1.91 bits per heavy atom. The third-order valence-corrected chi connectivity index (χ3v) is 7.83. The van der Waals surface area contributed by atoms with Crippen LogP contribution < -0.4 is 0 Å². The predicted octanol–water partition coefficient (Wildman–Crippen LogP) is 4.45. The number of halogens is 1. The number of ether oxygens (including phenoxy) is 2. The summed E-state index contributed by atoms with van der Waals surface area (Å²) in [5.41, 5.74) is 0.108.